The topological polar surface area (TPSA) is 121 Å². The van der Waals surface area contributed by atoms with Gasteiger partial charge >= 0.3 is 0 Å². The Morgan fingerprint density at radius 3 is 2.50 bits per heavy atom. The predicted octanol–water partition coefficient (Wildman–Crippen LogP) is 3.42. The van der Waals surface area contributed by atoms with E-state index in [0.29, 0.717) is 4.90 Å². The molecule has 0 saturated heterocycles. The summed E-state index contributed by atoms with van der Waals surface area (Å²) in [5.74, 6) is -2.17. The van der Waals surface area contributed by atoms with E-state index >= 15 is 0 Å². The standard InChI is InChI=1S/C16H14Cl2FN5O3S/c1-23(2)28(26,27)15-9(17)6-7-12(14(15)25)24(8-20)16(21)22-11-5-3-4-10(19)13(11)18/h3-7,25H,1-2H3,(H2,21,22). The maximum Gasteiger partial charge on any atom is 0.247 e. The average Bonchev–Trinajstić information content (AvgIpc) is 2.61. The third kappa shape index (κ3) is 3.98. The number of aromatic hydroxyl groups is 1. The van der Waals surface area contributed by atoms with Crippen LogP contribution in [0.3, 0.4) is 0 Å². The van der Waals surface area contributed by atoms with Gasteiger partial charge in [0.2, 0.25) is 16.0 Å². The molecule has 28 heavy (non-hydrogen) atoms. The van der Waals surface area contributed by atoms with Gasteiger partial charge in [0.25, 0.3) is 0 Å². The molecule has 148 valence electrons. The molecule has 0 spiro atoms. The second-order valence-corrected chi connectivity index (χ2v) is 8.42. The second kappa shape index (κ2) is 8.20. The molecule has 0 bridgehead atoms. The van der Waals surface area contributed by atoms with Crippen LogP contribution in [0.5, 0.6) is 5.75 Å². The van der Waals surface area contributed by atoms with Gasteiger partial charge in [-0.25, -0.2) is 22.0 Å². The number of hydrogen-bond acceptors (Lipinski definition) is 5. The molecule has 0 aromatic heterocycles. The Kier molecular flexibility index (Phi) is 6.36. The highest BCUT2D eigenvalue weighted by atomic mass is 35.5. The van der Waals surface area contributed by atoms with Gasteiger partial charge in [0.15, 0.2) is 11.9 Å². The fourth-order valence-electron chi connectivity index (χ4n) is 2.15. The molecule has 0 atom stereocenters. The van der Waals surface area contributed by atoms with E-state index in [4.69, 9.17) is 28.6 Å². The monoisotopic (exact) mass is 445 g/mol. The lowest BCUT2D eigenvalue weighted by Crippen LogP contribution is -2.32. The highest BCUT2D eigenvalue weighted by Gasteiger charge is 2.29. The van der Waals surface area contributed by atoms with Crippen molar-refractivity contribution < 1.29 is 17.9 Å². The molecule has 0 heterocycles. The summed E-state index contributed by atoms with van der Waals surface area (Å²) in [5.41, 5.74) is -0.321. The molecule has 0 saturated carbocycles. The first-order valence-electron chi connectivity index (χ1n) is 7.45. The molecule has 0 amide bonds. The molecule has 8 nitrogen and oxygen atoms in total. The lowest BCUT2D eigenvalue weighted by Gasteiger charge is -2.22. The number of halogens is 3. The summed E-state index contributed by atoms with van der Waals surface area (Å²) in [6.07, 6.45) is 1.64. The van der Waals surface area contributed by atoms with E-state index in [1.54, 1.807) is 6.19 Å². The highest BCUT2D eigenvalue weighted by molar-refractivity contribution is 7.89. The summed E-state index contributed by atoms with van der Waals surface area (Å²) in [7, 11) is -1.65. The zero-order chi connectivity index (χ0) is 21.2. The lowest BCUT2D eigenvalue weighted by molar-refractivity contribution is 0.454. The number of benzene rings is 2. The van der Waals surface area contributed by atoms with Gasteiger partial charge in [0, 0.05) is 14.1 Å². The van der Waals surface area contributed by atoms with Crippen molar-refractivity contribution in [3.05, 3.63) is 46.2 Å². The van der Waals surface area contributed by atoms with Crippen molar-refractivity contribution in [2.75, 3.05) is 24.3 Å². The summed E-state index contributed by atoms with van der Waals surface area (Å²) in [6, 6.07) is 6.16. The van der Waals surface area contributed by atoms with Crippen LogP contribution in [0.2, 0.25) is 10.0 Å². The van der Waals surface area contributed by atoms with Crippen molar-refractivity contribution in [3.8, 4) is 11.9 Å². The summed E-state index contributed by atoms with van der Waals surface area (Å²) < 4.78 is 39.3. The number of nitrogens with one attached hydrogen (secondary N) is 2. The predicted molar refractivity (Wildman–Crippen MR) is 105 cm³/mol. The number of nitriles is 1. The number of rotatable bonds is 4. The maximum absolute atomic E-state index is 13.6. The number of nitrogens with zero attached hydrogens (tertiary/aromatic N) is 3. The molecule has 0 fully saturated rings. The Balaban J connectivity index is 2.52. The van der Waals surface area contributed by atoms with Gasteiger partial charge in [0.05, 0.1) is 15.7 Å². The normalized spacial score (nSPS) is 11.2. The van der Waals surface area contributed by atoms with Crippen LogP contribution in [0.25, 0.3) is 0 Å². The Morgan fingerprint density at radius 2 is 1.93 bits per heavy atom. The van der Waals surface area contributed by atoms with Gasteiger partial charge < -0.3 is 10.4 Å². The van der Waals surface area contributed by atoms with Gasteiger partial charge in [-0.15, -0.1) is 0 Å². The van der Waals surface area contributed by atoms with Crippen molar-refractivity contribution in [1.29, 1.82) is 10.7 Å². The summed E-state index contributed by atoms with van der Waals surface area (Å²) in [4.78, 5) is -0.0183. The Bertz CT molecular complexity index is 1090. The maximum atomic E-state index is 13.6. The first-order valence-corrected chi connectivity index (χ1v) is 9.65. The van der Waals surface area contributed by atoms with Crippen LogP contribution >= 0.6 is 23.2 Å². The van der Waals surface area contributed by atoms with E-state index in [1.165, 1.54) is 38.4 Å². The molecular formula is C16H14Cl2FN5O3S. The van der Waals surface area contributed by atoms with Gasteiger partial charge in [-0.1, -0.05) is 29.3 Å². The van der Waals surface area contributed by atoms with Crippen molar-refractivity contribution in [3.63, 3.8) is 0 Å². The molecule has 0 aliphatic carbocycles. The van der Waals surface area contributed by atoms with E-state index < -0.39 is 32.4 Å². The number of sulfonamides is 1. The third-order valence-electron chi connectivity index (χ3n) is 3.57. The van der Waals surface area contributed by atoms with Crippen LogP contribution in [-0.2, 0) is 10.0 Å². The summed E-state index contributed by atoms with van der Waals surface area (Å²) in [6.45, 7) is 0. The molecule has 2 rings (SSSR count). The zero-order valence-electron chi connectivity index (χ0n) is 14.5. The average molecular weight is 446 g/mol. The van der Waals surface area contributed by atoms with E-state index in [0.717, 1.165) is 10.4 Å². The van der Waals surface area contributed by atoms with Gasteiger partial charge in [-0.05, 0) is 24.3 Å². The van der Waals surface area contributed by atoms with Crippen molar-refractivity contribution >= 4 is 50.6 Å². The SMILES string of the molecule is CN(C)S(=O)(=O)c1c(Cl)ccc(N(C#N)C(=N)Nc2cccc(F)c2Cl)c1O. The minimum absolute atomic E-state index is 0.00139. The zero-order valence-corrected chi connectivity index (χ0v) is 16.9. The molecule has 0 radical (unpaired) electrons. The number of phenolic OH excluding ortho intramolecular Hbond substituents is 1. The fourth-order valence-corrected chi connectivity index (χ4v) is 3.80. The fraction of sp³-hybridized carbons (Fsp3) is 0.125. The van der Waals surface area contributed by atoms with Gasteiger partial charge in [-0.2, -0.15) is 5.26 Å². The van der Waals surface area contributed by atoms with Gasteiger partial charge in [0.1, 0.15) is 16.4 Å². The van der Waals surface area contributed by atoms with Crippen molar-refractivity contribution in [2.24, 2.45) is 0 Å². The Hall–Kier alpha value is -2.58. The highest BCUT2D eigenvalue weighted by Crippen LogP contribution is 2.40. The van der Waals surface area contributed by atoms with Crippen LogP contribution in [0, 0.1) is 22.7 Å². The van der Waals surface area contributed by atoms with E-state index in [9.17, 15) is 23.2 Å². The number of phenols is 1. The van der Waals surface area contributed by atoms with E-state index in [2.05, 4.69) is 5.32 Å². The first-order chi connectivity index (χ1) is 13.0. The molecule has 12 heteroatoms. The molecule has 0 aliphatic rings. The molecular weight excluding hydrogens is 432 g/mol. The Morgan fingerprint density at radius 1 is 1.29 bits per heavy atom. The van der Waals surface area contributed by atoms with Crippen molar-refractivity contribution in [2.45, 2.75) is 4.90 Å². The lowest BCUT2D eigenvalue weighted by atomic mass is 10.2. The van der Waals surface area contributed by atoms with Crippen LogP contribution in [-0.4, -0.2) is 37.9 Å². The largest absolute Gasteiger partial charge is 0.504 e. The summed E-state index contributed by atoms with van der Waals surface area (Å²) in [5, 5.41) is 29.8. The molecule has 3 N–H and O–H groups in total. The van der Waals surface area contributed by atoms with Crippen molar-refractivity contribution in [1.82, 2.24) is 4.31 Å². The molecule has 0 unspecified atom stereocenters. The van der Waals surface area contributed by atoms with E-state index in [1.807, 2.05) is 0 Å². The third-order valence-corrected chi connectivity index (χ3v) is 6.27. The number of anilines is 2. The first kappa shape index (κ1) is 21.7. The quantitative estimate of drug-likeness (QED) is 0.287. The van der Waals surface area contributed by atoms with Crippen LogP contribution in [0.15, 0.2) is 35.2 Å². The second-order valence-electron chi connectivity index (χ2n) is 5.54. The molecule has 2 aromatic rings. The van der Waals surface area contributed by atoms with Crippen LogP contribution in [0.4, 0.5) is 15.8 Å². The van der Waals surface area contributed by atoms with Gasteiger partial charge in [-0.3, -0.25) is 5.41 Å². The smallest absolute Gasteiger partial charge is 0.247 e. The molecule has 0 aliphatic heterocycles. The minimum Gasteiger partial charge on any atom is -0.504 e. The van der Waals surface area contributed by atoms with E-state index in [-0.39, 0.29) is 21.4 Å². The minimum atomic E-state index is -4.15. The number of guanidine groups is 1. The Labute approximate surface area is 170 Å². The van der Waals surface area contributed by atoms with Crippen LogP contribution in [0.1, 0.15) is 0 Å². The number of hydrogen-bond donors (Lipinski definition) is 3. The summed E-state index contributed by atoms with van der Waals surface area (Å²) >= 11 is 11.7. The van der Waals surface area contributed by atoms with Crippen LogP contribution < -0.4 is 10.2 Å². The molecule has 2 aromatic carbocycles.